The summed E-state index contributed by atoms with van der Waals surface area (Å²) in [6.45, 7) is 0.944. The Bertz CT molecular complexity index is 493. The number of hydrogen-bond donors (Lipinski definition) is 1. The maximum Gasteiger partial charge on any atom is 0.303 e. The number of rotatable bonds is 4. The molecule has 4 nitrogen and oxygen atoms in total. The van der Waals surface area contributed by atoms with Gasteiger partial charge in [-0.15, -0.1) is 0 Å². The average molecular weight is 258 g/mol. The van der Waals surface area contributed by atoms with E-state index in [1.165, 1.54) is 0 Å². The lowest BCUT2D eigenvalue weighted by atomic mass is 9.97. The van der Waals surface area contributed by atoms with E-state index in [1.54, 1.807) is 6.07 Å². The van der Waals surface area contributed by atoms with Crippen molar-refractivity contribution >= 4 is 11.7 Å². The molecule has 1 aliphatic rings. The lowest BCUT2D eigenvalue weighted by Gasteiger charge is -2.37. The molecule has 2 rings (SSSR count). The van der Waals surface area contributed by atoms with Crippen molar-refractivity contribution in [3.63, 3.8) is 0 Å². The maximum atomic E-state index is 10.7. The van der Waals surface area contributed by atoms with Gasteiger partial charge in [0, 0.05) is 24.7 Å². The molecular formula is C15H18N2O2. The van der Waals surface area contributed by atoms with Gasteiger partial charge in [-0.2, -0.15) is 5.26 Å². The lowest BCUT2D eigenvalue weighted by Crippen LogP contribution is -2.39. The fourth-order valence-corrected chi connectivity index (χ4v) is 2.68. The van der Waals surface area contributed by atoms with E-state index in [4.69, 9.17) is 10.4 Å². The second kappa shape index (κ2) is 6.24. The number of piperidine rings is 1. The minimum absolute atomic E-state index is 0.207. The zero-order valence-electron chi connectivity index (χ0n) is 10.9. The SMILES string of the molecule is N#Cc1cccc(N2CCCCC2CCC(=O)O)c1. The van der Waals surface area contributed by atoms with Gasteiger partial charge in [-0.3, -0.25) is 4.79 Å². The van der Waals surface area contributed by atoms with Crippen LogP contribution in [0.15, 0.2) is 24.3 Å². The fraction of sp³-hybridized carbons (Fsp3) is 0.467. The van der Waals surface area contributed by atoms with E-state index < -0.39 is 5.97 Å². The van der Waals surface area contributed by atoms with Crippen LogP contribution in [0, 0.1) is 11.3 Å². The van der Waals surface area contributed by atoms with Gasteiger partial charge < -0.3 is 10.0 Å². The van der Waals surface area contributed by atoms with Crippen molar-refractivity contribution in [2.75, 3.05) is 11.4 Å². The summed E-state index contributed by atoms with van der Waals surface area (Å²) in [5.41, 5.74) is 1.69. The Morgan fingerprint density at radius 3 is 3.05 bits per heavy atom. The Morgan fingerprint density at radius 2 is 2.32 bits per heavy atom. The molecule has 1 N–H and O–H groups in total. The summed E-state index contributed by atoms with van der Waals surface area (Å²) in [4.78, 5) is 13.0. The van der Waals surface area contributed by atoms with Crippen LogP contribution in [0.25, 0.3) is 0 Å². The molecule has 0 amide bonds. The van der Waals surface area contributed by atoms with Crippen molar-refractivity contribution in [3.05, 3.63) is 29.8 Å². The molecule has 1 unspecified atom stereocenters. The smallest absolute Gasteiger partial charge is 0.303 e. The van der Waals surface area contributed by atoms with E-state index in [0.29, 0.717) is 12.0 Å². The van der Waals surface area contributed by atoms with Crippen molar-refractivity contribution < 1.29 is 9.90 Å². The lowest BCUT2D eigenvalue weighted by molar-refractivity contribution is -0.137. The number of aliphatic carboxylic acids is 1. The predicted octanol–water partition coefficient (Wildman–Crippen LogP) is 2.78. The Kier molecular flexibility index (Phi) is 4.40. The van der Waals surface area contributed by atoms with E-state index in [2.05, 4.69) is 11.0 Å². The van der Waals surface area contributed by atoms with Gasteiger partial charge in [0.1, 0.15) is 0 Å². The molecule has 0 radical (unpaired) electrons. The van der Waals surface area contributed by atoms with E-state index in [9.17, 15) is 4.79 Å². The molecule has 1 fully saturated rings. The normalized spacial score (nSPS) is 18.9. The van der Waals surface area contributed by atoms with E-state index in [0.717, 1.165) is 31.5 Å². The second-order valence-electron chi connectivity index (χ2n) is 4.94. The highest BCUT2D eigenvalue weighted by Gasteiger charge is 2.23. The Balaban J connectivity index is 2.14. The van der Waals surface area contributed by atoms with Crippen molar-refractivity contribution in [1.82, 2.24) is 0 Å². The average Bonchev–Trinajstić information content (AvgIpc) is 2.45. The quantitative estimate of drug-likeness (QED) is 0.902. The number of nitrogens with zero attached hydrogens (tertiary/aromatic N) is 2. The summed E-state index contributed by atoms with van der Waals surface area (Å²) in [7, 11) is 0. The molecule has 1 aromatic carbocycles. The largest absolute Gasteiger partial charge is 0.481 e. The van der Waals surface area contributed by atoms with Crippen LogP contribution in [0.5, 0.6) is 0 Å². The molecular weight excluding hydrogens is 240 g/mol. The first-order valence-electron chi connectivity index (χ1n) is 6.69. The van der Waals surface area contributed by atoms with Gasteiger partial charge >= 0.3 is 5.97 Å². The van der Waals surface area contributed by atoms with Crippen molar-refractivity contribution in [2.24, 2.45) is 0 Å². The van der Waals surface area contributed by atoms with Gasteiger partial charge in [0.2, 0.25) is 0 Å². The third kappa shape index (κ3) is 3.47. The van der Waals surface area contributed by atoms with Gasteiger partial charge in [0.15, 0.2) is 0 Å². The Labute approximate surface area is 113 Å². The van der Waals surface area contributed by atoms with E-state index in [1.807, 2.05) is 18.2 Å². The molecule has 1 saturated heterocycles. The zero-order valence-corrected chi connectivity index (χ0v) is 10.9. The number of carboxylic acid groups (broad SMARTS) is 1. The van der Waals surface area contributed by atoms with Crippen molar-refractivity contribution in [2.45, 2.75) is 38.1 Å². The molecule has 19 heavy (non-hydrogen) atoms. The minimum Gasteiger partial charge on any atom is -0.481 e. The maximum absolute atomic E-state index is 10.7. The van der Waals surface area contributed by atoms with Crippen LogP contribution < -0.4 is 4.90 Å². The first-order valence-corrected chi connectivity index (χ1v) is 6.69. The van der Waals surface area contributed by atoms with E-state index >= 15 is 0 Å². The molecule has 4 heteroatoms. The molecule has 0 saturated carbocycles. The summed E-state index contributed by atoms with van der Waals surface area (Å²) >= 11 is 0. The third-order valence-corrected chi connectivity index (χ3v) is 3.63. The Hall–Kier alpha value is -2.02. The van der Waals surface area contributed by atoms with Gasteiger partial charge in [0.05, 0.1) is 11.6 Å². The number of carbonyl (C=O) groups is 1. The number of benzene rings is 1. The summed E-state index contributed by atoms with van der Waals surface area (Å²) in [5.74, 6) is -0.740. The fourth-order valence-electron chi connectivity index (χ4n) is 2.68. The standard InChI is InChI=1S/C15H18N2O2/c16-11-12-4-3-6-14(10-12)17-9-2-1-5-13(17)7-8-15(18)19/h3-4,6,10,13H,1-2,5,7-9H2,(H,18,19). The van der Waals surface area contributed by atoms with Crippen LogP contribution >= 0.6 is 0 Å². The van der Waals surface area contributed by atoms with Crippen LogP contribution in [0.1, 0.15) is 37.7 Å². The number of nitriles is 1. The molecule has 0 aromatic heterocycles. The number of hydrogen-bond acceptors (Lipinski definition) is 3. The number of anilines is 1. The summed E-state index contributed by atoms with van der Waals surface area (Å²) in [6.07, 6.45) is 4.19. The highest BCUT2D eigenvalue weighted by molar-refractivity contribution is 5.66. The molecule has 0 aliphatic carbocycles. The van der Waals surface area contributed by atoms with Crippen molar-refractivity contribution in [1.29, 1.82) is 5.26 Å². The first kappa shape index (κ1) is 13.4. The molecule has 0 bridgehead atoms. The molecule has 0 spiro atoms. The van der Waals surface area contributed by atoms with Crippen LogP contribution in [-0.4, -0.2) is 23.7 Å². The summed E-state index contributed by atoms with van der Waals surface area (Å²) in [5, 5.41) is 17.8. The topological polar surface area (TPSA) is 64.3 Å². The monoisotopic (exact) mass is 258 g/mol. The first-order chi connectivity index (χ1) is 9.20. The third-order valence-electron chi connectivity index (χ3n) is 3.63. The predicted molar refractivity (Wildman–Crippen MR) is 73.0 cm³/mol. The van der Waals surface area contributed by atoms with Crippen LogP contribution in [0.4, 0.5) is 5.69 Å². The van der Waals surface area contributed by atoms with Gasteiger partial charge in [-0.25, -0.2) is 0 Å². The molecule has 1 heterocycles. The highest BCUT2D eigenvalue weighted by Crippen LogP contribution is 2.27. The Morgan fingerprint density at radius 1 is 1.47 bits per heavy atom. The van der Waals surface area contributed by atoms with Gasteiger partial charge in [-0.05, 0) is 43.9 Å². The molecule has 1 aromatic rings. The van der Waals surface area contributed by atoms with Crippen LogP contribution in [0.3, 0.4) is 0 Å². The van der Waals surface area contributed by atoms with E-state index in [-0.39, 0.29) is 12.5 Å². The second-order valence-corrected chi connectivity index (χ2v) is 4.94. The van der Waals surface area contributed by atoms with Gasteiger partial charge in [0.25, 0.3) is 0 Å². The molecule has 1 aliphatic heterocycles. The van der Waals surface area contributed by atoms with Gasteiger partial charge in [-0.1, -0.05) is 6.07 Å². The van der Waals surface area contributed by atoms with Crippen LogP contribution in [0.2, 0.25) is 0 Å². The molecule has 100 valence electrons. The highest BCUT2D eigenvalue weighted by atomic mass is 16.4. The van der Waals surface area contributed by atoms with Crippen molar-refractivity contribution in [3.8, 4) is 6.07 Å². The number of carboxylic acids is 1. The van der Waals surface area contributed by atoms with Crippen LogP contribution in [-0.2, 0) is 4.79 Å². The molecule has 1 atom stereocenters. The zero-order chi connectivity index (χ0) is 13.7. The summed E-state index contributed by atoms with van der Waals surface area (Å²) in [6, 6.07) is 9.99. The summed E-state index contributed by atoms with van der Waals surface area (Å²) < 4.78 is 0. The minimum atomic E-state index is -0.740.